The van der Waals surface area contributed by atoms with Crippen molar-refractivity contribution in [1.29, 1.82) is 0 Å². The van der Waals surface area contributed by atoms with Crippen LogP contribution in [0.5, 0.6) is 11.5 Å². The second-order valence-electron chi connectivity index (χ2n) is 5.67. The van der Waals surface area contributed by atoms with Crippen LogP contribution >= 0.6 is 28.1 Å². The van der Waals surface area contributed by atoms with Crippen molar-refractivity contribution in [3.05, 3.63) is 77.0 Å². The number of anilines is 2. The van der Waals surface area contributed by atoms with E-state index in [1.165, 1.54) is 6.20 Å². The van der Waals surface area contributed by atoms with Gasteiger partial charge < -0.3 is 20.7 Å². The van der Waals surface area contributed by atoms with E-state index in [-0.39, 0.29) is 5.91 Å². The van der Waals surface area contributed by atoms with Gasteiger partial charge >= 0.3 is 0 Å². The van der Waals surface area contributed by atoms with Gasteiger partial charge in [0.1, 0.15) is 17.2 Å². The van der Waals surface area contributed by atoms with Crippen LogP contribution in [0, 0.1) is 0 Å². The van der Waals surface area contributed by atoms with Gasteiger partial charge in [0.25, 0.3) is 5.91 Å². The van der Waals surface area contributed by atoms with Crippen LogP contribution in [-0.4, -0.2) is 23.1 Å². The molecule has 3 N–H and O–H groups in total. The molecule has 0 spiro atoms. The number of carbonyl (C=O) groups is 1. The van der Waals surface area contributed by atoms with Crippen LogP contribution in [0.2, 0.25) is 0 Å². The Morgan fingerprint density at radius 2 is 1.57 bits per heavy atom. The number of hydrogen-bond acceptors (Lipinski definition) is 4. The lowest BCUT2D eigenvalue weighted by Crippen LogP contribution is -2.19. The van der Waals surface area contributed by atoms with Gasteiger partial charge in [0.15, 0.2) is 5.11 Å². The van der Waals surface area contributed by atoms with E-state index in [9.17, 15) is 4.79 Å². The van der Waals surface area contributed by atoms with E-state index in [2.05, 4.69) is 36.9 Å². The summed E-state index contributed by atoms with van der Waals surface area (Å²) in [4.78, 5) is 15.7. The molecule has 1 amide bonds. The van der Waals surface area contributed by atoms with Crippen molar-refractivity contribution in [2.24, 2.45) is 0 Å². The second kappa shape index (κ2) is 9.29. The maximum atomic E-state index is 11.7. The number of hydrogen-bond donors (Lipinski definition) is 3. The third kappa shape index (κ3) is 5.51. The maximum Gasteiger partial charge on any atom is 0.269 e. The van der Waals surface area contributed by atoms with Gasteiger partial charge in [-0.05, 0) is 66.8 Å². The van der Waals surface area contributed by atoms with E-state index < -0.39 is 0 Å². The molecule has 0 bridgehead atoms. The lowest BCUT2D eigenvalue weighted by Gasteiger charge is -2.12. The molecule has 0 fully saturated rings. The average molecular weight is 457 g/mol. The largest absolute Gasteiger partial charge is 0.457 e. The molecule has 142 valence electrons. The third-order valence-corrected chi connectivity index (χ3v) is 4.37. The fourth-order valence-electron chi connectivity index (χ4n) is 2.30. The highest BCUT2D eigenvalue weighted by atomic mass is 79.9. The van der Waals surface area contributed by atoms with E-state index in [0.717, 1.165) is 15.8 Å². The number of ether oxygens (including phenoxy) is 1. The van der Waals surface area contributed by atoms with Crippen LogP contribution < -0.4 is 20.7 Å². The van der Waals surface area contributed by atoms with Crippen LogP contribution in [0.15, 0.2) is 71.3 Å². The minimum atomic E-state index is -0.267. The fraction of sp³-hybridized carbons (Fsp3) is 0.0500. The molecule has 0 aliphatic rings. The molecule has 1 aromatic heterocycles. The standard InChI is InChI=1S/C20H17BrN4O2S/c1-22-19(26)18-12-17(10-11-23-18)27-16-8-6-15(7-9-16)25-20(28)24-14-4-2-13(21)3-5-14/h2-12H,1H3,(H,22,26)(H2,24,25,28). The Morgan fingerprint density at radius 1 is 0.964 bits per heavy atom. The van der Waals surface area contributed by atoms with Gasteiger partial charge in [-0.2, -0.15) is 0 Å². The quantitative estimate of drug-likeness (QED) is 0.478. The van der Waals surface area contributed by atoms with E-state index in [1.807, 2.05) is 48.5 Å². The number of halogens is 1. The number of aromatic nitrogens is 1. The topological polar surface area (TPSA) is 75.3 Å². The predicted octanol–water partition coefficient (Wildman–Crippen LogP) is 4.80. The summed E-state index contributed by atoms with van der Waals surface area (Å²) in [6, 6.07) is 18.3. The molecule has 0 atom stereocenters. The lowest BCUT2D eigenvalue weighted by atomic mass is 10.3. The molecule has 0 unspecified atom stereocenters. The first-order valence-corrected chi connectivity index (χ1v) is 9.53. The minimum absolute atomic E-state index is 0.267. The molecular weight excluding hydrogens is 440 g/mol. The number of benzene rings is 2. The molecule has 0 saturated heterocycles. The van der Waals surface area contributed by atoms with Crippen LogP contribution in [0.3, 0.4) is 0 Å². The number of thiocarbonyl (C=S) groups is 1. The highest BCUT2D eigenvalue weighted by Crippen LogP contribution is 2.23. The van der Waals surface area contributed by atoms with E-state index in [0.29, 0.717) is 22.3 Å². The van der Waals surface area contributed by atoms with Gasteiger partial charge in [0.05, 0.1) is 0 Å². The smallest absolute Gasteiger partial charge is 0.269 e. The number of pyridine rings is 1. The zero-order valence-corrected chi connectivity index (χ0v) is 17.3. The van der Waals surface area contributed by atoms with E-state index >= 15 is 0 Å². The first kappa shape index (κ1) is 19.8. The maximum absolute atomic E-state index is 11.7. The summed E-state index contributed by atoms with van der Waals surface area (Å²) in [5.41, 5.74) is 2.01. The van der Waals surface area contributed by atoms with Crippen molar-refractivity contribution in [2.75, 3.05) is 17.7 Å². The van der Waals surface area contributed by atoms with Gasteiger partial charge in [0.2, 0.25) is 0 Å². The molecule has 2 aromatic carbocycles. The molecule has 0 radical (unpaired) electrons. The molecule has 1 heterocycles. The Hall–Kier alpha value is -2.97. The summed E-state index contributed by atoms with van der Waals surface area (Å²) < 4.78 is 6.78. The van der Waals surface area contributed by atoms with Crippen molar-refractivity contribution in [3.63, 3.8) is 0 Å². The zero-order valence-electron chi connectivity index (χ0n) is 14.9. The molecular formula is C20H17BrN4O2S. The van der Waals surface area contributed by atoms with Crippen LogP contribution in [0.1, 0.15) is 10.5 Å². The minimum Gasteiger partial charge on any atom is -0.457 e. The first-order valence-electron chi connectivity index (χ1n) is 8.33. The van der Waals surface area contributed by atoms with Gasteiger partial charge in [-0.25, -0.2) is 0 Å². The van der Waals surface area contributed by atoms with E-state index in [1.54, 1.807) is 19.2 Å². The molecule has 6 nitrogen and oxygen atoms in total. The van der Waals surface area contributed by atoms with Gasteiger partial charge in [-0.1, -0.05) is 15.9 Å². The van der Waals surface area contributed by atoms with E-state index in [4.69, 9.17) is 17.0 Å². The van der Waals surface area contributed by atoms with Crippen molar-refractivity contribution in [2.45, 2.75) is 0 Å². The monoisotopic (exact) mass is 456 g/mol. The predicted molar refractivity (Wildman–Crippen MR) is 118 cm³/mol. The molecule has 28 heavy (non-hydrogen) atoms. The highest BCUT2D eigenvalue weighted by Gasteiger charge is 2.07. The normalized spacial score (nSPS) is 10.1. The summed E-state index contributed by atoms with van der Waals surface area (Å²) in [6.07, 6.45) is 1.53. The summed E-state index contributed by atoms with van der Waals surface area (Å²) >= 11 is 8.73. The van der Waals surface area contributed by atoms with Crippen molar-refractivity contribution < 1.29 is 9.53 Å². The number of carbonyl (C=O) groups excluding carboxylic acids is 1. The Labute approximate surface area is 176 Å². The Morgan fingerprint density at radius 3 is 2.18 bits per heavy atom. The summed E-state index contributed by atoms with van der Waals surface area (Å²) in [7, 11) is 1.55. The molecule has 0 aliphatic carbocycles. The Balaban J connectivity index is 1.59. The van der Waals surface area contributed by atoms with Crippen LogP contribution in [0.25, 0.3) is 0 Å². The highest BCUT2D eigenvalue weighted by molar-refractivity contribution is 9.10. The Bertz CT molecular complexity index is 978. The van der Waals surface area contributed by atoms with Crippen molar-refractivity contribution in [3.8, 4) is 11.5 Å². The lowest BCUT2D eigenvalue weighted by molar-refractivity contribution is 0.0958. The number of nitrogens with zero attached hydrogens (tertiary/aromatic N) is 1. The summed E-state index contributed by atoms with van der Waals surface area (Å²) in [5, 5.41) is 9.25. The van der Waals surface area contributed by atoms with Crippen LogP contribution in [0.4, 0.5) is 11.4 Å². The summed E-state index contributed by atoms with van der Waals surface area (Å²) in [6.45, 7) is 0. The third-order valence-electron chi connectivity index (χ3n) is 3.64. The number of nitrogens with one attached hydrogen (secondary N) is 3. The average Bonchev–Trinajstić information content (AvgIpc) is 2.71. The molecule has 3 rings (SSSR count). The number of rotatable bonds is 5. The molecule has 0 saturated carbocycles. The molecule has 8 heteroatoms. The van der Waals surface area contributed by atoms with Gasteiger partial charge in [-0.15, -0.1) is 0 Å². The molecule has 0 aliphatic heterocycles. The zero-order chi connectivity index (χ0) is 19.9. The number of amides is 1. The van der Waals surface area contributed by atoms with Gasteiger partial charge in [-0.3, -0.25) is 9.78 Å². The summed E-state index contributed by atoms with van der Waals surface area (Å²) in [5.74, 6) is 0.893. The fourth-order valence-corrected chi connectivity index (χ4v) is 2.80. The first-order chi connectivity index (χ1) is 13.5. The SMILES string of the molecule is CNC(=O)c1cc(Oc2ccc(NC(=S)Nc3ccc(Br)cc3)cc2)ccn1. The van der Waals surface area contributed by atoms with Crippen molar-refractivity contribution >= 4 is 50.5 Å². The van der Waals surface area contributed by atoms with Crippen LogP contribution in [-0.2, 0) is 0 Å². The van der Waals surface area contributed by atoms with Crippen molar-refractivity contribution in [1.82, 2.24) is 10.3 Å². The second-order valence-corrected chi connectivity index (χ2v) is 6.99. The Kier molecular flexibility index (Phi) is 6.57. The van der Waals surface area contributed by atoms with Gasteiger partial charge in [0, 0.05) is 35.2 Å². The molecule has 3 aromatic rings.